The lowest BCUT2D eigenvalue weighted by Crippen LogP contribution is -2.28. The van der Waals surface area contributed by atoms with Gasteiger partial charge >= 0.3 is 0 Å². The lowest BCUT2D eigenvalue weighted by molar-refractivity contribution is -0.140. The number of carbonyl (C=O) groups excluding carboxylic acids is 2. The van der Waals surface area contributed by atoms with E-state index in [1.807, 2.05) is 25.3 Å². The van der Waals surface area contributed by atoms with E-state index in [4.69, 9.17) is 9.15 Å². The Morgan fingerprint density at radius 2 is 1.97 bits per heavy atom. The van der Waals surface area contributed by atoms with Gasteiger partial charge in [0.05, 0.1) is 25.0 Å². The molecule has 33 heavy (non-hydrogen) atoms. The van der Waals surface area contributed by atoms with Crippen LogP contribution in [0, 0.1) is 19.8 Å². The fourth-order valence-corrected chi connectivity index (χ4v) is 4.97. The van der Waals surface area contributed by atoms with Crippen LogP contribution < -0.4 is 4.74 Å². The highest BCUT2D eigenvalue weighted by atomic mass is 32.1. The molecule has 4 rings (SSSR count). The first-order valence-electron chi connectivity index (χ1n) is 10.9. The first kappa shape index (κ1) is 22.9. The zero-order chi connectivity index (χ0) is 23.7. The van der Waals surface area contributed by atoms with Gasteiger partial charge in [0, 0.05) is 10.4 Å². The quantitative estimate of drug-likeness (QED) is 0.278. The van der Waals surface area contributed by atoms with Crippen molar-refractivity contribution >= 4 is 28.8 Å². The third-order valence-electron chi connectivity index (χ3n) is 5.62. The summed E-state index contributed by atoms with van der Waals surface area (Å²) in [5.41, 5.74) is 2.36. The Kier molecular flexibility index (Phi) is 6.42. The molecule has 0 bridgehead atoms. The van der Waals surface area contributed by atoms with E-state index in [0.29, 0.717) is 23.8 Å². The zero-order valence-corrected chi connectivity index (χ0v) is 19.9. The van der Waals surface area contributed by atoms with Crippen LogP contribution in [0.4, 0.5) is 0 Å². The summed E-state index contributed by atoms with van der Waals surface area (Å²) in [7, 11) is 0. The largest absolute Gasteiger partial charge is 0.507 e. The number of rotatable bonds is 7. The number of nitrogens with zero attached hydrogens (tertiary/aromatic N) is 1. The van der Waals surface area contributed by atoms with Crippen LogP contribution in [0.5, 0.6) is 5.75 Å². The van der Waals surface area contributed by atoms with E-state index in [1.165, 1.54) is 22.5 Å². The number of hydrogen-bond donors (Lipinski definition) is 1. The second kappa shape index (κ2) is 9.27. The highest BCUT2D eigenvalue weighted by Gasteiger charge is 2.47. The van der Waals surface area contributed by atoms with Gasteiger partial charge in [0.15, 0.2) is 0 Å². The van der Waals surface area contributed by atoms with Crippen molar-refractivity contribution in [2.75, 3.05) is 6.61 Å². The number of amides is 1. The van der Waals surface area contributed by atoms with E-state index in [1.54, 1.807) is 30.3 Å². The Bertz CT molecular complexity index is 1210. The third-order valence-corrected chi connectivity index (χ3v) is 6.69. The molecule has 1 fully saturated rings. The van der Waals surface area contributed by atoms with Crippen molar-refractivity contribution < 1.29 is 23.8 Å². The Hall–Kier alpha value is -3.32. The highest BCUT2D eigenvalue weighted by Crippen LogP contribution is 2.43. The van der Waals surface area contributed by atoms with Crippen LogP contribution in [0.25, 0.3) is 5.76 Å². The summed E-state index contributed by atoms with van der Waals surface area (Å²) in [6.07, 6.45) is 1.53. The maximum Gasteiger partial charge on any atom is 0.296 e. The maximum atomic E-state index is 13.1. The van der Waals surface area contributed by atoms with Crippen molar-refractivity contribution in [3.63, 3.8) is 0 Å². The molecule has 0 radical (unpaired) electrons. The van der Waals surface area contributed by atoms with Gasteiger partial charge in [0.1, 0.15) is 23.3 Å². The van der Waals surface area contributed by atoms with Crippen LogP contribution in [0.2, 0.25) is 0 Å². The van der Waals surface area contributed by atoms with Gasteiger partial charge in [-0.05, 0) is 72.7 Å². The van der Waals surface area contributed by atoms with Crippen LogP contribution >= 0.6 is 11.3 Å². The molecule has 1 atom stereocenters. The smallest absolute Gasteiger partial charge is 0.296 e. The number of ether oxygens (including phenoxy) is 1. The zero-order valence-electron chi connectivity index (χ0n) is 19.1. The molecule has 1 unspecified atom stereocenters. The lowest BCUT2D eigenvalue weighted by atomic mass is 9.97. The minimum Gasteiger partial charge on any atom is -0.507 e. The number of aryl methyl sites for hydroxylation is 2. The summed E-state index contributed by atoms with van der Waals surface area (Å²) in [6, 6.07) is 10.0. The Labute approximate surface area is 197 Å². The number of benzene rings is 1. The molecule has 0 spiro atoms. The number of carbonyl (C=O) groups is 2. The number of furan rings is 1. The Morgan fingerprint density at radius 1 is 1.18 bits per heavy atom. The molecule has 3 aromatic rings. The van der Waals surface area contributed by atoms with Crippen molar-refractivity contribution in [3.8, 4) is 5.75 Å². The Morgan fingerprint density at radius 3 is 2.58 bits per heavy atom. The third kappa shape index (κ3) is 4.46. The highest BCUT2D eigenvalue weighted by molar-refractivity contribution is 7.10. The molecule has 6 nitrogen and oxygen atoms in total. The summed E-state index contributed by atoms with van der Waals surface area (Å²) < 4.78 is 11.3. The fraction of sp³-hybridized carbons (Fsp3) is 0.308. The van der Waals surface area contributed by atoms with Gasteiger partial charge in [-0.25, -0.2) is 0 Å². The summed E-state index contributed by atoms with van der Waals surface area (Å²) in [5.74, 6) is 0.139. The fourth-order valence-electron chi connectivity index (χ4n) is 3.92. The van der Waals surface area contributed by atoms with Gasteiger partial charge in [-0.3, -0.25) is 9.59 Å². The van der Waals surface area contributed by atoms with Gasteiger partial charge in [-0.1, -0.05) is 13.8 Å². The molecule has 0 saturated carbocycles. The van der Waals surface area contributed by atoms with Crippen LogP contribution in [0.3, 0.4) is 0 Å². The first-order valence-corrected chi connectivity index (χ1v) is 11.7. The molecule has 1 amide bonds. The van der Waals surface area contributed by atoms with Crippen LogP contribution in [-0.2, 0) is 16.1 Å². The summed E-state index contributed by atoms with van der Waals surface area (Å²) >= 11 is 1.46. The SMILES string of the molecule is Cc1cc(/C(O)=C2/C(=O)C(=O)N(Cc3ccco3)C2c2sccc2C)ccc1OCC(C)C. The number of ketones is 1. The van der Waals surface area contributed by atoms with Crippen LogP contribution in [-0.4, -0.2) is 28.3 Å². The van der Waals surface area contributed by atoms with E-state index < -0.39 is 17.7 Å². The van der Waals surface area contributed by atoms with Crippen molar-refractivity contribution in [2.24, 2.45) is 5.92 Å². The molecule has 1 saturated heterocycles. The second-order valence-electron chi connectivity index (χ2n) is 8.66. The van der Waals surface area contributed by atoms with Crippen LogP contribution in [0.15, 0.2) is 58.0 Å². The predicted molar refractivity (Wildman–Crippen MR) is 127 cm³/mol. The molecular weight excluding hydrogens is 438 g/mol. The molecule has 1 aromatic carbocycles. The number of aliphatic hydroxyl groups excluding tert-OH is 1. The molecule has 1 aliphatic rings. The first-order chi connectivity index (χ1) is 15.8. The van der Waals surface area contributed by atoms with Crippen molar-refractivity contribution in [1.29, 1.82) is 0 Å². The standard InChI is InChI=1S/C26H27NO5S/c1-15(2)14-32-20-8-7-18(12-17(20)4)23(28)21-22(25-16(3)9-11-33-25)27(26(30)24(21)29)13-19-6-5-10-31-19/h5-12,15,22,28H,13-14H2,1-4H3/b23-21-. The van der Waals surface area contributed by atoms with E-state index in [2.05, 4.69) is 13.8 Å². The molecule has 0 aliphatic carbocycles. The maximum absolute atomic E-state index is 13.1. The molecule has 172 valence electrons. The van der Waals surface area contributed by atoms with Gasteiger partial charge < -0.3 is 19.2 Å². The predicted octanol–water partition coefficient (Wildman–Crippen LogP) is 5.61. The van der Waals surface area contributed by atoms with E-state index in [-0.39, 0.29) is 17.9 Å². The average Bonchev–Trinajstić information content (AvgIpc) is 3.49. The summed E-state index contributed by atoms with van der Waals surface area (Å²) in [6.45, 7) is 8.69. The van der Waals surface area contributed by atoms with E-state index in [0.717, 1.165) is 21.8 Å². The number of thiophene rings is 1. The monoisotopic (exact) mass is 465 g/mol. The molecule has 7 heteroatoms. The summed E-state index contributed by atoms with van der Waals surface area (Å²) in [4.78, 5) is 28.5. The van der Waals surface area contributed by atoms with Crippen LogP contribution in [0.1, 0.15) is 47.2 Å². The Balaban J connectivity index is 1.78. The van der Waals surface area contributed by atoms with E-state index in [9.17, 15) is 14.7 Å². The summed E-state index contributed by atoms with van der Waals surface area (Å²) in [5, 5.41) is 13.2. The molecule has 1 N–H and O–H groups in total. The number of hydrogen-bond acceptors (Lipinski definition) is 6. The van der Waals surface area contributed by atoms with Gasteiger partial charge in [-0.15, -0.1) is 11.3 Å². The van der Waals surface area contributed by atoms with Gasteiger partial charge in [0.2, 0.25) is 0 Å². The molecular formula is C26H27NO5S. The molecule has 1 aliphatic heterocycles. The minimum atomic E-state index is -0.699. The normalized spacial score (nSPS) is 17.8. The van der Waals surface area contributed by atoms with E-state index >= 15 is 0 Å². The van der Waals surface area contributed by atoms with Crippen molar-refractivity contribution in [1.82, 2.24) is 4.90 Å². The molecule has 3 heterocycles. The van der Waals surface area contributed by atoms with Gasteiger partial charge in [0.25, 0.3) is 11.7 Å². The number of Topliss-reactive ketones (excluding diaryl/α,β-unsaturated/α-hetero) is 1. The van der Waals surface area contributed by atoms with Crippen molar-refractivity contribution in [2.45, 2.75) is 40.3 Å². The lowest BCUT2D eigenvalue weighted by Gasteiger charge is -2.24. The topological polar surface area (TPSA) is 80.0 Å². The average molecular weight is 466 g/mol. The molecule has 2 aromatic heterocycles. The minimum absolute atomic E-state index is 0.0901. The second-order valence-corrected chi connectivity index (χ2v) is 9.61. The van der Waals surface area contributed by atoms with Gasteiger partial charge in [-0.2, -0.15) is 0 Å². The number of likely N-dealkylation sites (tertiary alicyclic amines) is 1. The van der Waals surface area contributed by atoms with Crippen molar-refractivity contribution in [3.05, 3.63) is 80.9 Å². The number of aliphatic hydroxyl groups is 1.